The van der Waals surface area contributed by atoms with Gasteiger partial charge in [0.15, 0.2) is 0 Å². The second-order valence-corrected chi connectivity index (χ2v) is 8.20. The molecular weight excluding hydrogens is 250 g/mol. The fourth-order valence-electron chi connectivity index (χ4n) is 5.27. The molecule has 4 saturated carbocycles. The summed E-state index contributed by atoms with van der Waals surface area (Å²) in [6.45, 7) is 4.68. The number of rotatable bonds is 4. The molecule has 0 aromatic carbocycles. The first-order chi connectivity index (χ1) is 9.40. The predicted molar refractivity (Wildman–Crippen MR) is 80.3 cm³/mol. The highest BCUT2D eigenvalue weighted by Gasteiger charge is 2.51. The number of nitrogens with one attached hydrogen (secondary N) is 2. The molecule has 4 heteroatoms. The first-order valence-corrected chi connectivity index (χ1v) is 8.20. The van der Waals surface area contributed by atoms with Crippen molar-refractivity contribution in [3.63, 3.8) is 0 Å². The maximum Gasteiger partial charge on any atom is 0.315 e. The van der Waals surface area contributed by atoms with Crippen LogP contribution in [0.2, 0.25) is 0 Å². The van der Waals surface area contributed by atoms with Crippen molar-refractivity contribution in [2.45, 2.75) is 69.9 Å². The quantitative estimate of drug-likeness (QED) is 0.739. The molecule has 4 nitrogen and oxygen atoms in total. The van der Waals surface area contributed by atoms with Crippen LogP contribution in [0.3, 0.4) is 0 Å². The third kappa shape index (κ3) is 2.80. The Bertz CT molecular complexity index is 356. The lowest BCUT2D eigenvalue weighted by Crippen LogP contribution is -2.63. The van der Waals surface area contributed by atoms with Crippen molar-refractivity contribution in [3.8, 4) is 0 Å². The van der Waals surface area contributed by atoms with Crippen LogP contribution in [0, 0.1) is 17.8 Å². The average molecular weight is 279 g/mol. The minimum atomic E-state index is -0.221. The highest BCUT2D eigenvalue weighted by atomic mass is 16.2. The molecule has 0 unspecified atom stereocenters. The van der Waals surface area contributed by atoms with Crippen molar-refractivity contribution in [1.82, 2.24) is 10.6 Å². The largest absolute Gasteiger partial charge is 0.333 e. The average Bonchev–Trinajstić information content (AvgIpc) is 2.23. The van der Waals surface area contributed by atoms with E-state index < -0.39 is 0 Å². The number of hydrogen-bond acceptors (Lipinski definition) is 2. The summed E-state index contributed by atoms with van der Waals surface area (Å²) in [4.78, 5) is 12.4. The van der Waals surface area contributed by atoms with Crippen molar-refractivity contribution in [2.24, 2.45) is 23.5 Å². The fraction of sp³-hybridized carbons (Fsp3) is 0.938. The van der Waals surface area contributed by atoms with Gasteiger partial charge in [0, 0.05) is 11.1 Å². The third-order valence-corrected chi connectivity index (χ3v) is 5.64. The Kier molecular flexibility index (Phi) is 3.47. The van der Waals surface area contributed by atoms with Gasteiger partial charge in [0.1, 0.15) is 0 Å². The van der Waals surface area contributed by atoms with Crippen molar-refractivity contribution in [3.05, 3.63) is 0 Å². The molecule has 114 valence electrons. The number of amides is 2. The van der Waals surface area contributed by atoms with E-state index in [1.807, 2.05) is 13.8 Å². The van der Waals surface area contributed by atoms with Crippen molar-refractivity contribution < 1.29 is 4.79 Å². The first-order valence-electron chi connectivity index (χ1n) is 8.20. The van der Waals surface area contributed by atoms with Gasteiger partial charge in [-0.3, -0.25) is 0 Å². The number of nitrogens with two attached hydrogens (primary N) is 1. The number of hydrogen-bond donors (Lipinski definition) is 3. The van der Waals surface area contributed by atoms with Crippen LogP contribution in [-0.4, -0.2) is 23.7 Å². The van der Waals surface area contributed by atoms with Crippen molar-refractivity contribution in [2.75, 3.05) is 6.54 Å². The molecule has 0 aromatic rings. The predicted octanol–water partition coefficient (Wildman–Crippen LogP) is 2.38. The minimum absolute atomic E-state index is 0.00500. The SMILES string of the molecule is CC(C)(CCN)NC(=O)NC12CC3CC(CC(C3)C1)C2. The molecule has 4 bridgehead atoms. The summed E-state index contributed by atoms with van der Waals surface area (Å²) in [6, 6.07) is 0.00500. The Labute approximate surface area is 122 Å². The molecule has 0 spiro atoms. The van der Waals surface area contributed by atoms with E-state index in [1.165, 1.54) is 38.5 Å². The van der Waals surface area contributed by atoms with Crippen LogP contribution in [0.25, 0.3) is 0 Å². The molecule has 0 aromatic heterocycles. The second-order valence-electron chi connectivity index (χ2n) is 8.20. The lowest BCUT2D eigenvalue weighted by Gasteiger charge is -2.56. The molecule has 2 amide bonds. The van der Waals surface area contributed by atoms with Crippen LogP contribution in [0.15, 0.2) is 0 Å². The highest BCUT2D eigenvalue weighted by Crippen LogP contribution is 2.55. The maximum atomic E-state index is 12.4. The molecule has 4 rings (SSSR count). The summed E-state index contributed by atoms with van der Waals surface area (Å²) in [5, 5.41) is 6.45. The first kappa shape index (κ1) is 14.2. The molecular formula is C16H29N3O. The van der Waals surface area contributed by atoms with Gasteiger partial charge in [0.25, 0.3) is 0 Å². The van der Waals surface area contributed by atoms with Crippen LogP contribution in [0.1, 0.15) is 58.8 Å². The van der Waals surface area contributed by atoms with E-state index in [1.54, 1.807) is 0 Å². The summed E-state index contributed by atoms with van der Waals surface area (Å²) in [5.41, 5.74) is 5.48. The molecule has 20 heavy (non-hydrogen) atoms. The topological polar surface area (TPSA) is 67.1 Å². The summed E-state index contributed by atoms with van der Waals surface area (Å²) in [5.74, 6) is 2.58. The van der Waals surface area contributed by atoms with Crippen molar-refractivity contribution >= 4 is 6.03 Å². The van der Waals surface area contributed by atoms with Crippen LogP contribution in [0.5, 0.6) is 0 Å². The fourth-order valence-corrected chi connectivity index (χ4v) is 5.27. The summed E-state index contributed by atoms with van der Waals surface area (Å²) in [7, 11) is 0. The minimum Gasteiger partial charge on any atom is -0.333 e. The van der Waals surface area contributed by atoms with Crippen LogP contribution in [0.4, 0.5) is 4.79 Å². The van der Waals surface area contributed by atoms with Crippen molar-refractivity contribution in [1.29, 1.82) is 0 Å². The Hall–Kier alpha value is -0.770. The van der Waals surface area contributed by atoms with E-state index in [4.69, 9.17) is 5.73 Å². The third-order valence-electron chi connectivity index (χ3n) is 5.64. The Morgan fingerprint density at radius 2 is 1.65 bits per heavy atom. The van der Waals surface area contributed by atoms with E-state index in [-0.39, 0.29) is 17.1 Å². The summed E-state index contributed by atoms with van der Waals surface area (Å²) >= 11 is 0. The molecule has 0 aliphatic heterocycles. The monoisotopic (exact) mass is 279 g/mol. The lowest BCUT2D eigenvalue weighted by molar-refractivity contribution is -0.0138. The Morgan fingerprint density at radius 3 is 2.10 bits per heavy atom. The summed E-state index contributed by atoms with van der Waals surface area (Å²) < 4.78 is 0. The summed E-state index contributed by atoms with van der Waals surface area (Å²) in [6.07, 6.45) is 8.61. The Balaban J connectivity index is 1.61. The lowest BCUT2D eigenvalue weighted by atomic mass is 9.53. The maximum absolute atomic E-state index is 12.4. The van der Waals surface area contributed by atoms with Gasteiger partial charge in [-0.2, -0.15) is 0 Å². The number of urea groups is 1. The van der Waals surface area contributed by atoms with Gasteiger partial charge in [-0.15, -0.1) is 0 Å². The number of carbonyl (C=O) groups is 1. The van der Waals surface area contributed by atoms with E-state index in [9.17, 15) is 4.79 Å². The molecule has 0 saturated heterocycles. The van der Waals surface area contributed by atoms with E-state index >= 15 is 0 Å². The zero-order valence-electron chi connectivity index (χ0n) is 12.9. The smallest absolute Gasteiger partial charge is 0.315 e. The van der Waals surface area contributed by atoms with Gasteiger partial charge in [0.2, 0.25) is 0 Å². The van der Waals surface area contributed by atoms with E-state index in [2.05, 4.69) is 10.6 Å². The number of carbonyl (C=O) groups excluding carboxylic acids is 1. The van der Waals surface area contributed by atoms with Gasteiger partial charge >= 0.3 is 6.03 Å². The highest BCUT2D eigenvalue weighted by molar-refractivity contribution is 5.75. The van der Waals surface area contributed by atoms with Gasteiger partial charge < -0.3 is 16.4 Å². The Morgan fingerprint density at radius 1 is 1.15 bits per heavy atom. The van der Waals surface area contributed by atoms with Crippen LogP contribution in [-0.2, 0) is 0 Å². The molecule has 0 radical (unpaired) electrons. The molecule has 4 aliphatic rings. The zero-order chi connectivity index (χ0) is 14.4. The van der Waals surface area contributed by atoms with E-state index in [0.717, 1.165) is 24.2 Å². The standard InChI is InChI=1S/C16H29N3O/c1-15(2,3-4-17)18-14(20)19-16-8-11-5-12(9-16)7-13(6-11)10-16/h11-13H,3-10,17H2,1-2H3,(H2,18,19,20). The molecule has 4 aliphatic carbocycles. The molecule has 0 heterocycles. The van der Waals surface area contributed by atoms with Gasteiger partial charge in [-0.05, 0) is 83.1 Å². The zero-order valence-corrected chi connectivity index (χ0v) is 12.9. The van der Waals surface area contributed by atoms with E-state index in [0.29, 0.717) is 6.54 Å². The normalized spacial score (nSPS) is 38.9. The van der Waals surface area contributed by atoms with Crippen LogP contribution >= 0.6 is 0 Å². The van der Waals surface area contributed by atoms with Gasteiger partial charge in [0.05, 0.1) is 0 Å². The van der Waals surface area contributed by atoms with Crippen LogP contribution < -0.4 is 16.4 Å². The van der Waals surface area contributed by atoms with Gasteiger partial charge in [-0.25, -0.2) is 4.79 Å². The van der Waals surface area contributed by atoms with Gasteiger partial charge in [-0.1, -0.05) is 0 Å². The molecule has 4 N–H and O–H groups in total. The molecule has 0 atom stereocenters. The molecule has 4 fully saturated rings. The second kappa shape index (κ2) is 4.90.